The number of Topliss-reactive ketones (excluding diaryl/α,β-unsaturated/α-hetero) is 1. The quantitative estimate of drug-likeness (QED) is 0.654. The zero-order chi connectivity index (χ0) is 9.10. The number of hydrogen-bond acceptors (Lipinski definition) is 3. The number of hydrogen-bond donors (Lipinski definition) is 0. The Morgan fingerprint density at radius 1 is 1.15 bits per heavy atom. The van der Waals surface area contributed by atoms with Crippen LogP contribution < -0.4 is 0 Å². The number of aromatic nitrogens is 2. The van der Waals surface area contributed by atoms with Crippen molar-refractivity contribution in [2.75, 3.05) is 0 Å². The molecule has 0 saturated heterocycles. The first-order valence-corrected chi connectivity index (χ1v) is 4.63. The molecule has 2 rings (SSSR count). The van der Waals surface area contributed by atoms with Gasteiger partial charge in [0.2, 0.25) is 0 Å². The summed E-state index contributed by atoms with van der Waals surface area (Å²) in [5, 5.41) is 0. The van der Waals surface area contributed by atoms with Crippen molar-refractivity contribution < 1.29 is 4.79 Å². The minimum Gasteiger partial charge on any atom is -0.300 e. The number of carbonyl (C=O) groups excluding carboxylic acids is 1. The number of ketones is 1. The Morgan fingerprint density at radius 3 is 2.38 bits per heavy atom. The predicted molar refractivity (Wildman–Crippen MR) is 48.2 cm³/mol. The van der Waals surface area contributed by atoms with Crippen molar-refractivity contribution >= 4 is 5.78 Å². The number of nitrogens with zero attached hydrogens (tertiary/aromatic N) is 2. The van der Waals surface area contributed by atoms with Gasteiger partial charge in [-0.25, -0.2) is 9.97 Å². The molecule has 3 nitrogen and oxygen atoms in total. The van der Waals surface area contributed by atoms with Crippen molar-refractivity contribution in [3.63, 3.8) is 0 Å². The second-order valence-electron chi connectivity index (χ2n) is 3.48. The molecule has 1 aromatic heterocycles. The summed E-state index contributed by atoms with van der Waals surface area (Å²) in [7, 11) is 0. The van der Waals surface area contributed by atoms with Crippen molar-refractivity contribution in [1.82, 2.24) is 9.97 Å². The van der Waals surface area contributed by atoms with E-state index in [0.29, 0.717) is 11.7 Å². The predicted octanol–water partition coefficient (Wildman–Crippen LogP) is 1.70. The summed E-state index contributed by atoms with van der Waals surface area (Å²) in [6, 6.07) is 0. The van der Waals surface area contributed by atoms with E-state index in [1.807, 2.05) is 12.4 Å². The van der Waals surface area contributed by atoms with Gasteiger partial charge in [-0.3, -0.25) is 4.79 Å². The van der Waals surface area contributed by atoms with Crippen molar-refractivity contribution in [1.29, 1.82) is 0 Å². The van der Waals surface area contributed by atoms with E-state index in [1.54, 1.807) is 0 Å². The molecule has 1 fully saturated rings. The Balaban J connectivity index is 2.07. The smallest absolute Gasteiger partial charge is 0.132 e. The summed E-state index contributed by atoms with van der Waals surface area (Å²) in [5.41, 5.74) is 1.18. The van der Waals surface area contributed by atoms with Gasteiger partial charge in [-0.05, 0) is 24.3 Å². The van der Waals surface area contributed by atoms with E-state index in [2.05, 4.69) is 9.97 Å². The van der Waals surface area contributed by atoms with Crippen molar-refractivity contribution in [2.24, 2.45) is 0 Å². The van der Waals surface area contributed by atoms with Crippen LogP contribution in [0, 0.1) is 0 Å². The lowest BCUT2D eigenvalue weighted by atomic mass is 9.85. The highest BCUT2D eigenvalue weighted by Crippen LogP contribution is 2.29. The van der Waals surface area contributed by atoms with E-state index in [4.69, 9.17) is 0 Å². The van der Waals surface area contributed by atoms with E-state index in [-0.39, 0.29) is 0 Å². The largest absolute Gasteiger partial charge is 0.300 e. The molecule has 3 heteroatoms. The van der Waals surface area contributed by atoms with Crippen LogP contribution in [0.15, 0.2) is 18.7 Å². The van der Waals surface area contributed by atoms with Gasteiger partial charge >= 0.3 is 0 Å². The summed E-state index contributed by atoms with van der Waals surface area (Å²) < 4.78 is 0. The lowest BCUT2D eigenvalue weighted by Crippen LogP contribution is -2.12. The molecule has 0 aliphatic heterocycles. The summed E-state index contributed by atoms with van der Waals surface area (Å²) in [6.45, 7) is 0. The molecule has 0 bridgehead atoms. The molecule has 0 atom stereocenters. The third-order valence-corrected chi connectivity index (χ3v) is 2.60. The Morgan fingerprint density at radius 2 is 1.77 bits per heavy atom. The zero-order valence-corrected chi connectivity index (χ0v) is 7.44. The van der Waals surface area contributed by atoms with Crippen molar-refractivity contribution in [2.45, 2.75) is 31.6 Å². The van der Waals surface area contributed by atoms with Crippen LogP contribution in [-0.4, -0.2) is 15.8 Å². The minimum absolute atomic E-state index is 0.396. The van der Waals surface area contributed by atoms with Gasteiger partial charge in [-0.1, -0.05) is 0 Å². The highest BCUT2D eigenvalue weighted by atomic mass is 16.1. The van der Waals surface area contributed by atoms with Gasteiger partial charge in [0.25, 0.3) is 0 Å². The maximum atomic E-state index is 11.0. The highest BCUT2D eigenvalue weighted by molar-refractivity contribution is 5.79. The van der Waals surface area contributed by atoms with Crippen LogP contribution in [-0.2, 0) is 4.79 Å². The van der Waals surface area contributed by atoms with E-state index >= 15 is 0 Å². The third-order valence-electron chi connectivity index (χ3n) is 2.60. The molecule has 68 valence electrons. The zero-order valence-electron chi connectivity index (χ0n) is 7.44. The molecule has 1 aliphatic carbocycles. The second-order valence-corrected chi connectivity index (χ2v) is 3.48. The van der Waals surface area contributed by atoms with E-state index in [0.717, 1.165) is 25.7 Å². The summed E-state index contributed by atoms with van der Waals surface area (Å²) in [6.07, 6.45) is 8.62. The fourth-order valence-corrected chi connectivity index (χ4v) is 1.79. The molecule has 1 aromatic rings. The van der Waals surface area contributed by atoms with Crippen LogP contribution in [0.5, 0.6) is 0 Å². The second kappa shape index (κ2) is 3.64. The number of carbonyl (C=O) groups is 1. The summed E-state index contributed by atoms with van der Waals surface area (Å²) in [4.78, 5) is 19.0. The van der Waals surface area contributed by atoms with E-state index < -0.39 is 0 Å². The molecule has 1 heterocycles. The van der Waals surface area contributed by atoms with Gasteiger partial charge in [0.1, 0.15) is 12.1 Å². The maximum absolute atomic E-state index is 11.0. The van der Waals surface area contributed by atoms with Crippen LogP contribution >= 0.6 is 0 Å². The molecule has 0 radical (unpaired) electrons. The van der Waals surface area contributed by atoms with Gasteiger partial charge < -0.3 is 0 Å². The first kappa shape index (κ1) is 8.35. The molecule has 13 heavy (non-hydrogen) atoms. The topological polar surface area (TPSA) is 42.9 Å². The van der Waals surface area contributed by atoms with Crippen LogP contribution in [0.1, 0.15) is 37.2 Å². The molecule has 0 spiro atoms. The lowest BCUT2D eigenvalue weighted by Gasteiger charge is -2.20. The Hall–Kier alpha value is -1.25. The van der Waals surface area contributed by atoms with Crippen molar-refractivity contribution in [3.05, 3.63) is 24.3 Å². The fourth-order valence-electron chi connectivity index (χ4n) is 1.79. The van der Waals surface area contributed by atoms with Crippen molar-refractivity contribution in [3.8, 4) is 0 Å². The molecule has 0 aromatic carbocycles. The average Bonchev–Trinajstić information content (AvgIpc) is 2.20. The van der Waals surface area contributed by atoms with Gasteiger partial charge in [0, 0.05) is 25.2 Å². The normalized spacial score (nSPS) is 18.9. The molecule has 0 amide bonds. The standard InChI is InChI=1S/C10H12N2O/c13-10-3-1-8(2-4-10)9-5-11-7-12-6-9/h5-8H,1-4H2. The van der Waals surface area contributed by atoms with Gasteiger partial charge in [0.15, 0.2) is 0 Å². The third kappa shape index (κ3) is 1.91. The lowest BCUT2D eigenvalue weighted by molar-refractivity contribution is -0.120. The van der Waals surface area contributed by atoms with Crippen LogP contribution in [0.3, 0.4) is 0 Å². The summed E-state index contributed by atoms with van der Waals surface area (Å²) >= 11 is 0. The van der Waals surface area contributed by atoms with E-state index in [1.165, 1.54) is 11.9 Å². The molecular weight excluding hydrogens is 164 g/mol. The maximum Gasteiger partial charge on any atom is 0.132 e. The first-order valence-electron chi connectivity index (χ1n) is 4.63. The first-order chi connectivity index (χ1) is 6.36. The van der Waals surface area contributed by atoms with Gasteiger partial charge in [-0.15, -0.1) is 0 Å². The fraction of sp³-hybridized carbons (Fsp3) is 0.500. The summed E-state index contributed by atoms with van der Waals surface area (Å²) in [5.74, 6) is 0.895. The Kier molecular flexibility index (Phi) is 2.34. The minimum atomic E-state index is 0.396. The van der Waals surface area contributed by atoms with Crippen LogP contribution in [0.2, 0.25) is 0 Å². The molecular formula is C10H12N2O. The van der Waals surface area contributed by atoms with E-state index in [9.17, 15) is 4.79 Å². The number of rotatable bonds is 1. The van der Waals surface area contributed by atoms with Crippen LogP contribution in [0.25, 0.3) is 0 Å². The molecule has 1 saturated carbocycles. The Labute approximate surface area is 77.2 Å². The van der Waals surface area contributed by atoms with Gasteiger partial charge in [-0.2, -0.15) is 0 Å². The molecule has 0 unspecified atom stereocenters. The monoisotopic (exact) mass is 176 g/mol. The SMILES string of the molecule is O=C1CCC(c2cncnc2)CC1. The van der Waals surface area contributed by atoms with Crippen LogP contribution in [0.4, 0.5) is 0 Å². The average molecular weight is 176 g/mol. The van der Waals surface area contributed by atoms with Gasteiger partial charge in [0.05, 0.1) is 0 Å². The molecule has 1 aliphatic rings. The highest BCUT2D eigenvalue weighted by Gasteiger charge is 2.20. The Bertz CT molecular complexity index is 287. The molecule has 0 N–H and O–H groups in total.